The second kappa shape index (κ2) is 7.77. The number of anilines is 1. The Morgan fingerprint density at radius 1 is 1.04 bits per heavy atom. The van der Waals surface area contributed by atoms with Crippen LogP contribution in [-0.4, -0.2) is 23.0 Å². The van der Waals surface area contributed by atoms with Gasteiger partial charge in [-0.15, -0.1) is 0 Å². The highest BCUT2D eigenvalue weighted by Gasteiger charge is 2.34. The van der Waals surface area contributed by atoms with Crippen LogP contribution in [0.5, 0.6) is 5.75 Å². The highest BCUT2D eigenvalue weighted by Crippen LogP contribution is 2.31. The van der Waals surface area contributed by atoms with E-state index in [1.54, 1.807) is 55.6 Å². The monoisotopic (exact) mass is 372 g/mol. The first-order valence-electron chi connectivity index (χ1n) is 6.73. The SMILES string of the molecule is COc1ccc(NC(NC(=O)c2ccccc2)C(Cl)(Cl)Cl)cc1. The summed E-state index contributed by atoms with van der Waals surface area (Å²) in [6.07, 6.45) is -0.909. The zero-order valence-electron chi connectivity index (χ0n) is 12.2. The maximum Gasteiger partial charge on any atom is 0.252 e. The molecule has 1 amide bonds. The molecule has 1 atom stereocenters. The highest BCUT2D eigenvalue weighted by molar-refractivity contribution is 6.68. The van der Waals surface area contributed by atoms with E-state index in [1.807, 2.05) is 6.07 Å². The van der Waals surface area contributed by atoms with E-state index in [0.717, 1.165) is 0 Å². The summed E-state index contributed by atoms with van der Waals surface area (Å²) in [5, 5.41) is 5.66. The maximum atomic E-state index is 12.2. The first kappa shape index (κ1) is 17.7. The average molecular weight is 374 g/mol. The molecule has 122 valence electrons. The Bertz CT molecular complexity index is 643. The van der Waals surface area contributed by atoms with E-state index in [4.69, 9.17) is 39.5 Å². The number of carbonyl (C=O) groups is 1. The normalized spacial score (nSPS) is 12.3. The van der Waals surface area contributed by atoms with Crippen LogP contribution in [0.15, 0.2) is 54.6 Å². The van der Waals surface area contributed by atoms with Gasteiger partial charge in [-0.05, 0) is 36.4 Å². The Balaban J connectivity index is 2.12. The third-order valence-corrected chi connectivity index (χ3v) is 3.69. The number of nitrogens with one attached hydrogen (secondary N) is 2. The number of carbonyl (C=O) groups excluding carboxylic acids is 1. The lowest BCUT2D eigenvalue weighted by atomic mass is 10.2. The van der Waals surface area contributed by atoms with Gasteiger partial charge in [-0.3, -0.25) is 4.79 Å². The molecule has 0 bridgehead atoms. The lowest BCUT2D eigenvalue weighted by Crippen LogP contribution is -2.49. The molecule has 0 aliphatic carbocycles. The zero-order chi connectivity index (χ0) is 16.9. The van der Waals surface area contributed by atoms with E-state index in [0.29, 0.717) is 17.0 Å². The van der Waals surface area contributed by atoms with Crippen molar-refractivity contribution in [1.29, 1.82) is 0 Å². The molecule has 0 saturated heterocycles. The smallest absolute Gasteiger partial charge is 0.252 e. The minimum absolute atomic E-state index is 0.345. The third kappa shape index (κ3) is 5.20. The van der Waals surface area contributed by atoms with Crippen LogP contribution in [0.2, 0.25) is 0 Å². The van der Waals surface area contributed by atoms with E-state index in [2.05, 4.69) is 10.6 Å². The van der Waals surface area contributed by atoms with E-state index in [9.17, 15) is 4.79 Å². The van der Waals surface area contributed by atoms with Gasteiger partial charge in [0.1, 0.15) is 11.9 Å². The van der Waals surface area contributed by atoms with Crippen molar-refractivity contribution in [1.82, 2.24) is 5.32 Å². The number of ether oxygens (including phenoxy) is 1. The summed E-state index contributed by atoms with van der Waals surface area (Å²) in [5.74, 6) is 0.359. The van der Waals surface area contributed by atoms with Gasteiger partial charge in [0.25, 0.3) is 5.91 Å². The van der Waals surface area contributed by atoms with E-state index in [-0.39, 0.29) is 5.91 Å². The summed E-state index contributed by atoms with van der Waals surface area (Å²) in [7, 11) is 1.58. The van der Waals surface area contributed by atoms with Crippen LogP contribution < -0.4 is 15.4 Å². The first-order valence-corrected chi connectivity index (χ1v) is 7.87. The fourth-order valence-electron chi connectivity index (χ4n) is 1.86. The molecule has 1 unspecified atom stereocenters. The van der Waals surface area contributed by atoms with Crippen molar-refractivity contribution < 1.29 is 9.53 Å². The minimum atomic E-state index is -1.73. The summed E-state index contributed by atoms with van der Waals surface area (Å²) in [6, 6.07) is 15.7. The van der Waals surface area contributed by atoms with Gasteiger partial charge in [-0.25, -0.2) is 0 Å². The van der Waals surface area contributed by atoms with Crippen LogP contribution in [0.1, 0.15) is 10.4 Å². The fraction of sp³-hybridized carbons (Fsp3) is 0.188. The Hall–Kier alpha value is -1.62. The number of hydrogen-bond acceptors (Lipinski definition) is 3. The highest BCUT2D eigenvalue weighted by atomic mass is 35.6. The average Bonchev–Trinajstić information content (AvgIpc) is 2.54. The van der Waals surface area contributed by atoms with Gasteiger partial charge in [-0.2, -0.15) is 0 Å². The van der Waals surface area contributed by atoms with Crippen molar-refractivity contribution in [2.24, 2.45) is 0 Å². The zero-order valence-corrected chi connectivity index (χ0v) is 14.5. The van der Waals surface area contributed by atoms with Crippen LogP contribution in [0.4, 0.5) is 5.69 Å². The van der Waals surface area contributed by atoms with Crippen molar-refractivity contribution in [3.63, 3.8) is 0 Å². The van der Waals surface area contributed by atoms with E-state index < -0.39 is 9.96 Å². The Morgan fingerprint density at radius 3 is 2.17 bits per heavy atom. The summed E-state index contributed by atoms with van der Waals surface area (Å²) in [5.41, 5.74) is 1.15. The topological polar surface area (TPSA) is 50.4 Å². The molecule has 7 heteroatoms. The van der Waals surface area contributed by atoms with Gasteiger partial charge in [-0.1, -0.05) is 53.0 Å². The molecule has 2 N–H and O–H groups in total. The second-order valence-corrected chi connectivity index (χ2v) is 7.06. The number of rotatable bonds is 5. The Kier molecular flexibility index (Phi) is 5.99. The summed E-state index contributed by atoms with van der Waals surface area (Å²) < 4.78 is 3.36. The fourth-order valence-corrected chi connectivity index (χ4v) is 2.18. The van der Waals surface area contributed by atoms with Crippen molar-refractivity contribution in [3.8, 4) is 5.75 Å². The number of halogens is 3. The van der Waals surface area contributed by atoms with Crippen LogP contribution in [-0.2, 0) is 0 Å². The van der Waals surface area contributed by atoms with Crippen LogP contribution in [0.25, 0.3) is 0 Å². The lowest BCUT2D eigenvalue weighted by Gasteiger charge is -2.27. The predicted octanol–water partition coefficient (Wildman–Crippen LogP) is 4.23. The number of alkyl halides is 3. The van der Waals surface area contributed by atoms with Crippen molar-refractivity contribution >= 4 is 46.4 Å². The van der Waals surface area contributed by atoms with E-state index in [1.165, 1.54) is 0 Å². The molecule has 0 aliphatic heterocycles. The molecule has 0 fully saturated rings. The number of amides is 1. The summed E-state index contributed by atoms with van der Waals surface area (Å²) >= 11 is 17.9. The first-order chi connectivity index (χ1) is 10.9. The molecule has 23 heavy (non-hydrogen) atoms. The molecule has 0 saturated carbocycles. The molecule has 2 rings (SSSR count). The van der Waals surface area contributed by atoms with Crippen LogP contribution in [0, 0.1) is 0 Å². The van der Waals surface area contributed by atoms with Gasteiger partial charge in [0.2, 0.25) is 3.79 Å². The second-order valence-electron chi connectivity index (χ2n) is 4.69. The Labute approximate surface area is 149 Å². The van der Waals surface area contributed by atoms with E-state index >= 15 is 0 Å². The van der Waals surface area contributed by atoms with Gasteiger partial charge < -0.3 is 15.4 Å². The van der Waals surface area contributed by atoms with Gasteiger partial charge in [0.15, 0.2) is 0 Å². The molecule has 2 aromatic carbocycles. The van der Waals surface area contributed by atoms with Crippen molar-refractivity contribution in [2.75, 3.05) is 12.4 Å². The lowest BCUT2D eigenvalue weighted by molar-refractivity contribution is 0.0942. The summed E-state index contributed by atoms with van der Waals surface area (Å²) in [4.78, 5) is 12.2. The largest absolute Gasteiger partial charge is 0.497 e. The molecule has 0 heterocycles. The van der Waals surface area contributed by atoms with Crippen molar-refractivity contribution in [3.05, 3.63) is 60.2 Å². The third-order valence-electron chi connectivity index (χ3n) is 3.04. The molecular weight excluding hydrogens is 359 g/mol. The maximum absolute atomic E-state index is 12.2. The predicted molar refractivity (Wildman–Crippen MR) is 94.6 cm³/mol. The number of methoxy groups -OCH3 is 1. The van der Waals surface area contributed by atoms with Crippen LogP contribution in [0.3, 0.4) is 0 Å². The molecular formula is C16H15Cl3N2O2. The number of hydrogen-bond donors (Lipinski definition) is 2. The quantitative estimate of drug-likeness (QED) is 0.609. The number of benzene rings is 2. The van der Waals surface area contributed by atoms with Crippen LogP contribution >= 0.6 is 34.8 Å². The van der Waals surface area contributed by atoms with Gasteiger partial charge in [0, 0.05) is 11.3 Å². The molecule has 2 aromatic rings. The molecule has 0 spiro atoms. The molecule has 0 aliphatic rings. The molecule has 0 radical (unpaired) electrons. The molecule has 0 aromatic heterocycles. The van der Waals surface area contributed by atoms with Gasteiger partial charge in [0.05, 0.1) is 7.11 Å². The van der Waals surface area contributed by atoms with Gasteiger partial charge >= 0.3 is 0 Å². The standard InChI is InChI=1S/C16H15Cl3N2O2/c1-23-13-9-7-12(8-10-13)20-15(16(17,18)19)21-14(22)11-5-3-2-4-6-11/h2-10,15,20H,1H3,(H,21,22). The van der Waals surface area contributed by atoms with Crippen molar-refractivity contribution in [2.45, 2.75) is 9.96 Å². The molecule has 4 nitrogen and oxygen atoms in total. The Morgan fingerprint density at radius 2 is 1.65 bits per heavy atom. The minimum Gasteiger partial charge on any atom is -0.497 e. The summed E-state index contributed by atoms with van der Waals surface area (Å²) in [6.45, 7) is 0.